The van der Waals surface area contributed by atoms with Crippen molar-refractivity contribution in [2.24, 2.45) is 0 Å². The van der Waals surface area contributed by atoms with E-state index in [1.165, 1.54) is 6.07 Å². The van der Waals surface area contributed by atoms with Gasteiger partial charge in [0.05, 0.1) is 5.69 Å². The summed E-state index contributed by atoms with van der Waals surface area (Å²) < 4.78 is 36.3. The smallest absolute Gasteiger partial charge is 0.397 e. The summed E-state index contributed by atoms with van der Waals surface area (Å²) in [5.41, 5.74) is 3.04. The molecule has 0 aromatic carbocycles. The van der Waals surface area contributed by atoms with Crippen LogP contribution in [-0.2, 0) is 6.18 Å². The van der Waals surface area contributed by atoms with Gasteiger partial charge in [0.15, 0.2) is 5.69 Å². The quantitative estimate of drug-likeness (QED) is 0.670. The molecule has 0 aliphatic rings. The number of pyridine rings is 1. The van der Waals surface area contributed by atoms with E-state index in [4.69, 9.17) is 11.0 Å². The molecule has 0 saturated heterocycles. The van der Waals surface area contributed by atoms with Crippen LogP contribution in [0.25, 0.3) is 0 Å². The molecule has 0 spiro atoms. The Hall–Kier alpha value is -1.77. The van der Waals surface area contributed by atoms with Crippen LogP contribution >= 0.6 is 0 Å². The lowest BCUT2D eigenvalue weighted by Crippen LogP contribution is -2.12. The highest BCUT2D eigenvalue weighted by Gasteiger charge is 2.35. The Bertz CT molecular complexity index is 364. The van der Waals surface area contributed by atoms with Gasteiger partial charge in [-0.1, -0.05) is 0 Å². The Morgan fingerprint density at radius 2 is 2.00 bits per heavy atom. The molecule has 2 N–H and O–H groups in total. The molecule has 0 radical (unpaired) electrons. The van der Waals surface area contributed by atoms with Crippen LogP contribution in [-0.4, -0.2) is 4.98 Å². The summed E-state index contributed by atoms with van der Waals surface area (Å²) in [6, 6.07) is 3.64. The van der Waals surface area contributed by atoms with Crippen LogP contribution in [0.15, 0.2) is 12.1 Å². The number of aromatic nitrogens is 1. The van der Waals surface area contributed by atoms with Gasteiger partial charge in [-0.2, -0.15) is 18.4 Å². The Kier molecular flexibility index (Phi) is 2.10. The summed E-state index contributed by atoms with van der Waals surface area (Å²) in [5.74, 6) is 0. The molecular formula is C7H4F3N3. The van der Waals surface area contributed by atoms with Crippen LogP contribution in [0, 0.1) is 11.3 Å². The highest BCUT2D eigenvalue weighted by Crippen LogP contribution is 2.31. The molecule has 6 heteroatoms. The molecule has 13 heavy (non-hydrogen) atoms. The van der Waals surface area contributed by atoms with Gasteiger partial charge in [-0.15, -0.1) is 0 Å². The fraction of sp³-hybridized carbons (Fsp3) is 0.143. The highest BCUT2D eigenvalue weighted by molar-refractivity contribution is 5.46. The first kappa shape index (κ1) is 9.32. The Balaban J connectivity index is 3.29. The second kappa shape index (κ2) is 2.94. The van der Waals surface area contributed by atoms with Crippen LogP contribution in [0.5, 0.6) is 0 Å². The molecule has 1 aromatic heterocycles. The Morgan fingerprint density at radius 1 is 1.38 bits per heavy atom. The fourth-order valence-electron chi connectivity index (χ4n) is 0.759. The molecule has 0 atom stereocenters. The zero-order chi connectivity index (χ0) is 10.1. The summed E-state index contributed by atoms with van der Waals surface area (Å²) in [5, 5.41) is 8.30. The first-order chi connectivity index (χ1) is 5.95. The zero-order valence-electron chi connectivity index (χ0n) is 6.26. The number of hydrogen-bond acceptors (Lipinski definition) is 3. The maximum atomic E-state index is 12.1. The number of nitrogen functional groups attached to an aromatic ring is 1. The standard InChI is InChI=1S/C7H4F3N3/c8-7(9,10)6-5(12)2-1-4(3-11)13-6/h1-2H,12H2. The van der Waals surface area contributed by atoms with Crippen LogP contribution in [0.3, 0.4) is 0 Å². The van der Waals surface area contributed by atoms with Gasteiger partial charge in [-0.3, -0.25) is 0 Å². The van der Waals surface area contributed by atoms with E-state index >= 15 is 0 Å². The molecule has 1 heterocycles. The molecule has 0 amide bonds. The van der Waals surface area contributed by atoms with Crippen molar-refractivity contribution < 1.29 is 13.2 Å². The first-order valence-corrected chi connectivity index (χ1v) is 3.19. The number of nitriles is 1. The third-order valence-corrected chi connectivity index (χ3v) is 1.31. The summed E-state index contributed by atoms with van der Waals surface area (Å²) in [6.45, 7) is 0. The van der Waals surface area contributed by atoms with Crippen molar-refractivity contribution in [3.63, 3.8) is 0 Å². The number of nitrogens with zero attached hydrogens (tertiary/aromatic N) is 2. The summed E-state index contributed by atoms with van der Waals surface area (Å²) >= 11 is 0. The second-order valence-corrected chi connectivity index (χ2v) is 2.24. The zero-order valence-corrected chi connectivity index (χ0v) is 6.26. The van der Waals surface area contributed by atoms with E-state index in [1.807, 2.05) is 0 Å². The van der Waals surface area contributed by atoms with Crippen LogP contribution < -0.4 is 5.73 Å². The van der Waals surface area contributed by atoms with Crippen molar-refractivity contribution in [2.45, 2.75) is 6.18 Å². The van der Waals surface area contributed by atoms with Crippen molar-refractivity contribution >= 4 is 5.69 Å². The molecule has 0 aliphatic carbocycles. The molecule has 0 unspecified atom stereocenters. The topological polar surface area (TPSA) is 62.7 Å². The van der Waals surface area contributed by atoms with E-state index in [1.54, 1.807) is 0 Å². The third-order valence-electron chi connectivity index (χ3n) is 1.31. The molecule has 0 aliphatic heterocycles. The third kappa shape index (κ3) is 1.87. The summed E-state index contributed by atoms with van der Waals surface area (Å²) in [7, 11) is 0. The molecular weight excluding hydrogens is 183 g/mol. The fourth-order valence-corrected chi connectivity index (χ4v) is 0.759. The van der Waals surface area contributed by atoms with Crippen LogP contribution in [0.2, 0.25) is 0 Å². The van der Waals surface area contributed by atoms with Crippen LogP contribution in [0.4, 0.5) is 18.9 Å². The number of anilines is 1. The van der Waals surface area contributed by atoms with Crippen molar-refractivity contribution in [1.82, 2.24) is 4.98 Å². The molecule has 0 bridgehead atoms. The predicted molar refractivity (Wildman–Crippen MR) is 38.4 cm³/mol. The van der Waals surface area contributed by atoms with Gasteiger partial charge in [-0.25, -0.2) is 4.98 Å². The van der Waals surface area contributed by atoms with Gasteiger partial charge >= 0.3 is 6.18 Å². The SMILES string of the molecule is N#Cc1ccc(N)c(C(F)(F)F)n1. The molecule has 0 fully saturated rings. The molecule has 0 saturated carbocycles. The van der Waals surface area contributed by atoms with Gasteiger partial charge < -0.3 is 5.73 Å². The number of nitrogens with two attached hydrogens (primary N) is 1. The molecule has 1 rings (SSSR count). The predicted octanol–water partition coefficient (Wildman–Crippen LogP) is 1.55. The maximum absolute atomic E-state index is 12.1. The summed E-state index contributed by atoms with van der Waals surface area (Å²) in [6.07, 6.45) is -4.61. The van der Waals surface area contributed by atoms with Crippen molar-refractivity contribution in [3.8, 4) is 6.07 Å². The number of hydrogen-bond donors (Lipinski definition) is 1. The van der Waals surface area contributed by atoms with Gasteiger partial charge in [0, 0.05) is 0 Å². The van der Waals surface area contributed by atoms with E-state index < -0.39 is 17.6 Å². The number of rotatable bonds is 0. The normalized spacial score (nSPS) is 10.9. The van der Waals surface area contributed by atoms with Gasteiger partial charge in [-0.05, 0) is 12.1 Å². The van der Waals surface area contributed by atoms with E-state index in [9.17, 15) is 13.2 Å². The van der Waals surface area contributed by atoms with E-state index in [0.29, 0.717) is 0 Å². The summed E-state index contributed by atoms with van der Waals surface area (Å²) in [4.78, 5) is 3.05. The number of alkyl halides is 3. The minimum Gasteiger partial charge on any atom is -0.397 e. The first-order valence-electron chi connectivity index (χ1n) is 3.19. The van der Waals surface area contributed by atoms with Gasteiger partial charge in [0.1, 0.15) is 11.8 Å². The molecule has 1 aromatic rings. The Labute approximate surface area is 71.6 Å². The lowest BCUT2D eigenvalue weighted by atomic mass is 10.2. The molecule has 3 nitrogen and oxygen atoms in total. The maximum Gasteiger partial charge on any atom is 0.435 e. The second-order valence-electron chi connectivity index (χ2n) is 2.24. The van der Waals surface area contributed by atoms with Gasteiger partial charge in [0.2, 0.25) is 0 Å². The van der Waals surface area contributed by atoms with E-state index in [2.05, 4.69) is 4.98 Å². The van der Waals surface area contributed by atoms with Crippen molar-refractivity contribution in [2.75, 3.05) is 5.73 Å². The average molecular weight is 187 g/mol. The van der Waals surface area contributed by atoms with E-state index in [0.717, 1.165) is 12.1 Å². The highest BCUT2D eigenvalue weighted by atomic mass is 19.4. The Morgan fingerprint density at radius 3 is 2.46 bits per heavy atom. The monoisotopic (exact) mass is 187 g/mol. The minimum atomic E-state index is -4.61. The van der Waals surface area contributed by atoms with Crippen molar-refractivity contribution in [3.05, 3.63) is 23.5 Å². The van der Waals surface area contributed by atoms with Crippen LogP contribution in [0.1, 0.15) is 11.4 Å². The lowest BCUT2D eigenvalue weighted by Gasteiger charge is -2.07. The lowest BCUT2D eigenvalue weighted by molar-refractivity contribution is -0.140. The van der Waals surface area contributed by atoms with Gasteiger partial charge in [0.25, 0.3) is 0 Å². The molecule has 68 valence electrons. The minimum absolute atomic E-state index is 0.304. The van der Waals surface area contributed by atoms with Crippen molar-refractivity contribution in [1.29, 1.82) is 5.26 Å². The largest absolute Gasteiger partial charge is 0.435 e. The number of halogens is 3. The van der Waals surface area contributed by atoms with E-state index in [-0.39, 0.29) is 5.69 Å². The average Bonchev–Trinajstić information content (AvgIpc) is 2.03.